The Hall–Kier alpha value is -1.03. The third kappa shape index (κ3) is 2.73. The predicted octanol–water partition coefficient (Wildman–Crippen LogP) is 0.757. The molecule has 0 aliphatic rings. The zero-order chi connectivity index (χ0) is 10.8. The van der Waals surface area contributed by atoms with Crippen LogP contribution in [0.15, 0.2) is 11.0 Å². The van der Waals surface area contributed by atoms with Crippen molar-refractivity contribution in [1.82, 2.24) is 9.78 Å². The summed E-state index contributed by atoms with van der Waals surface area (Å²) in [4.78, 5) is 11.7. The molecule has 14 heavy (non-hydrogen) atoms. The van der Waals surface area contributed by atoms with E-state index >= 15 is 0 Å². The maximum atomic E-state index is 11.7. The van der Waals surface area contributed by atoms with Gasteiger partial charge in [0.05, 0.1) is 0 Å². The average Bonchev–Trinajstić information content (AvgIpc) is 2.34. The molecule has 0 aromatic carbocycles. The van der Waals surface area contributed by atoms with Crippen molar-refractivity contribution in [2.45, 2.75) is 33.7 Å². The quantitative estimate of drug-likeness (QED) is 0.753. The van der Waals surface area contributed by atoms with Gasteiger partial charge in [-0.15, -0.1) is 0 Å². The second-order valence-corrected chi connectivity index (χ2v) is 4.72. The molecular formula is C10H18N2O2. The number of hydrogen-bond acceptors (Lipinski definition) is 2. The lowest BCUT2D eigenvalue weighted by Gasteiger charge is -2.17. The number of aliphatic hydroxyl groups excluding tert-OH is 1. The molecule has 0 spiro atoms. The Morgan fingerprint density at radius 2 is 2.14 bits per heavy atom. The second kappa shape index (κ2) is 4.00. The van der Waals surface area contributed by atoms with Crippen LogP contribution in [0.3, 0.4) is 0 Å². The number of rotatable bonds is 3. The smallest absolute Gasteiger partial charge is 0.269 e. The first kappa shape index (κ1) is 11.0. The predicted molar refractivity (Wildman–Crippen MR) is 55.3 cm³/mol. The third-order valence-electron chi connectivity index (χ3n) is 1.93. The van der Waals surface area contributed by atoms with Gasteiger partial charge in [-0.2, -0.15) is 0 Å². The van der Waals surface area contributed by atoms with Crippen LogP contribution in [0.4, 0.5) is 0 Å². The van der Waals surface area contributed by atoms with Crippen molar-refractivity contribution in [1.29, 1.82) is 0 Å². The fourth-order valence-corrected chi connectivity index (χ4v) is 1.34. The van der Waals surface area contributed by atoms with Crippen molar-refractivity contribution < 1.29 is 5.11 Å². The zero-order valence-corrected chi connectivity index (χ0v) is 9.00. The molecule has 0 aliphatic heterocycles. The molecule has 0 radical (unpaired) electrons. The summed E-state index contributed by atoms with van der Waals surface area (Å²) in [5, 5.41) is 11.6. The molecule has 0 bridgehead atoms. The van der Waals surface area contributed by atoms with Gasteiger partial charge >= 0.3 is 0 Å². The van der Waals surface area contributed by atoms with Crippen LogP contribution in [-0.2, 0) is 13.0 Å². The summed E-state index contributed by atoms with van der Waals surface area (Å²) in [6.45, 7) is 6.91. The summed E-state index contributed by atoms with van der Waals surface area (Å²) in [5.74, 6) is 0. The molecule has 1 rings (SSSR count). The van der Waals surface area contributed by atoms with Gasteiger partial charge in [0.2, 0.25) is 0 Å². The van der Waals surface area contributed by atoms with Gasteiger partial charge in [-0.25, -0.2) is 0 Å². The van der Waals surface area contributed by atoms with E-state index in [4.69, 9.17) is 5.11 Å². The van der Waals surface area contributed by atoms with Crippen LogP contribution in [0.25, 0.3) is 0 Å². The molecular weight excluding hydrogens is 180 g/mol. The lowest BCUT2D eigenvalue weighted by atomic mass is 9.97. The fourth-order valence-electron chi connectivity index (χ4n) is 1.34. The fraction of sp³-hybridized carbons (Fsp3) is 0.700. The minimum Gasteiger partial charge on any atom is -0.396 e. The molecule has 80 valence electrons. The Bertz CT molecular complexity index is 344. The molecule has 2 N–H and O–H groups in total. The van der Waals surface area contributed by atoms with Gasteiger partial charge in [0.25, 0.3) is 5.56 Å². The lowest BCUT2D eigenvalue weighted by molar-refractivity contribution is 0.298. The first-order valence-electron chi connectivity index (χ1n) is 4.82. The van der Waals surface area contributed by atoms with E-state index in [1.807, 2.05) is 0 Å². The van der Waals surface area contributed by atoms with Crippen LogP contribution in [0.5, 0.6) is 0 Å². The number of hydrogen-bond donors (Lipinski definition) is 2. The molecule has 1 heterocycles. The molecule has 0 amide bonds. The second-order valence-electron chi connectivity index (χ2n) is 4.72. The third-order valence-corrected chi connectivity index (χ3v) is 1.93. The molecule has 0 saturated carbocycles. The minimum absolute atomic E-state index is 0.0165. The first-order valence-corrected chi connectivity index (χ1v) is 4.82. The summed E-state index contributed by atoms with van der Waals surface area (Å²) >= 11 is 0. The Morgan fingerprint density at radius 1 is 1.50 bits per heavy atom. The lowest BCUT2D eigenvalue weighted by Crippen LogP contribution is -2.26. The Morgan fingerprint density at radius 3 is 2.64 bits per heavy atom. The largest absolute Gasteiger partial charge is 0.396 e. The van der Waals surface area contributed by atoms with E-state index in [-0.39, 0.29) is 17.6 Å². The zero-order valence-electron chi connectivity index (χ0n) is 9.00. The molecule has 1 aromatic rings. The molecule has 0 unspecified atom stereocenters. The van der Waals surface area contributed by atoms with Crippen molar-refractivity contribution in [2.24, 2.45) is 5.41 Å². The summed E-state index contributed by atoms with van der Waals surface area (Å²) in [6, 6.07) is 0. The number of nitrogens with one attached hydrogen (secondary N) is 1. The number of H-pyrrole nitrogens is 1. The molecule has 0 saturated heterocycles. The van der Waals surface area contributed by atoms with E-state index in [2.05, 4.69) is 25.9 Å². The summed E-state index contributed by atoms with van der Waals surface area (Å²) in [7, 11) is 0. The number of aromatic amines is 1. The van der Waals surface area contributed by atoms with Crippen molar-refractivity contribution >= 4 is 0 Å². The van der Waals surface area contributed by atoms with Crippen LogP contribution in [-0.4, -0.2) is 21.5 Å². The summed E-state index contributed by atoms with van der Waals surface area (Å²) < 4.78 is 1.59. The van der Waals surface area contributed by atoms with Crippen molar-refractivity contribution in [3.8, 4) is 0 Å². The van der Waals surface area contributed by atoms with Gasteiger partial charge in [-0.05, 0) is 5.41 Å². The topological polar surface area (TPSA) is 58.0 Å². The van der Waals surface area contributed by atoms with E-state index in [1.165, 1.54) is 0 Å². The Balaban J connectivity index is 2.85. The molecule has 1 aromatic heterocycles. The van der Waals surface area contributed by atoms with Crippen molar-refractivity contribution in [3.05, 3.63) is 22.1 Å². The highest BCUT2D eigenvalue weighted by Crippen LogP contribution is 2.14. The van der Waals surface area contributed by atoms with Crippen molar-refractivity contribution in [3.63, 3.8) is 0 Å². The number of nitrogens with zero attached hydrogens (tertiary/aromatic N) is 1. The maximum absolute atomic E-state index is 11.7. The molecule has 4 nitrogen and oxygen atoms in total. The van der Waals surface area contributed by atoms with Gasteiger partial charge in [-0.3, -0.25) is 9.48 Å². The average molecular weight is 198 g/mol. The van der Waals surface area contributed by atoms with Crippen molar-refractivity contribution in [2.75, 3.05) is 6.61 Å². The number of aliphatic hydroxyl groups is 1. The Kier molecular flexibility index (Phi) is 3.16. The van der Waals surface area contributed by atoms with Gasteiger partial charge < -0.3 is 10.2 Å². The molecule has 4 heteroatoms. The monoisotopic (exact) mass is 198 g/mol. The van der Waals surface area contributed by atoms with E-state index in [0.717, 1.165) is 0 Å². The van der Waals surface area contributed by atoms with Crippen LogP contribution in [0, 0.1) is 5.41 Å². The van der Waals surface area contributed by atoms with E-state index in [0.29, 0.717) is 18.5 Å². The van der Waals surface area contributed by atoms with Gasteiger partial charge in [0.15, 0.2) is 0 Å². The summed E-state index contributed by atoms with van der Waals surface area (Å²) in [5.41, 5.74) is 0.705. The van der Waals surface area contributed by atoms with Gasteiger partial charge in [-0.1, -0.05) is 20.8 Å². The van der Waals surface area contributed by atoms with Crippen LogP contribution in [0.1, 0.15) is 26.3 Å². The van der Waals surface area contributed by atoms with Gasteiger partial charge in [0, 0.05) is 31.3 Å². The maximum Gasteiger partial charge on any atom is 0.269 e. The SMILES string of the molecule is CC(C)(C)Cn1[nH]cc(CCO)c1=O. The highest BCUT2D eigenvalue weighted by molar-refractivity contribution is 5.04. The normalized spacial score (nSPS) is 12.0. The molecule has 0 aliphatic carbocycles. The van der Waals surface area contributed by atoms with Crippen LogP contribution >= 0.6 is 0 Å². The van der Waals surface area contributed by atoms with Gasteiger partial charge in [0.1, 0.15) is 0 Å². The molecule has 0 fully saturated rings. The van der Waals surface area contributed by atoms with E-state index in [1.54, 1.807) is 10.9 Å². The van der Waals surface area contributed by atoms with Crippen LogP contribution in [0.2, 0.25) is 0 Å². The van der Waals surface area contributed by atoms with E-state index in [9.17, 15) is 4.79 Å². The van der Waals surface area contributed by atoms with Crippen LogP contribution < -0.4 is 5.56 Å². The van der Waals surface area contributed by atoms with E-state index < -0.39 is 0 Å². The number of aromatic nitrogens is 2. The summed E-state index contributed by atoms with van der Waals surface area (Å²) in [6.07, 6.45) is 2.09. The standard InChI is InChI=1S/C10H18N2O2/c1-10(2,3)7-12-9(14)8(4-5-13)6-11-12/h6,11,13H,4-5,7H2,1-3H3. The molecule has 0 atom stereocenters. The minimum atomic E-state index is -0.0195. The highest BCUT2D eigenvalue weighted by atomic mass is 16.3. The first-order chi connectivity index (χ1) is 6.44. The highest BCUT2D eigenvalue weighted by Gasteiger charge is 2.14. The Labute approximate surface area is 83.5 Å².